The van der Waals surface area contributed by atoms with Crippen molar-refractivity contribution in [2.45, 2.75) is 24.9 Å². The monoisotopic (exact) mass is 465 g/mol. The number of hydrogen-bond acceptors (Lipinski definition) is 4. The molecule has 3 aromatic carbocycles. The predicted molar refractivity (Wildman–Crippen MR) is 124 cm³/mol. The number of Topliss-reactive ketones (excluding diaryl/α,β-unsaturated/α-hetero) is 1. The number of nitrogens with zero attached hydrogens (tertiary/aromatic N) is 1. The fraction of sp³-hybridized carbons (Fsp3) is 0.259. The number of fused-ring (bicyclic) bond motifs is 2. The van der Waals surface area contributed by atoms with E-state index >= 15 is 0 Å². The van der Waals surface area contributed by atoms with Gasteiger partial charge in [0.25, 0.3) is 0 Å². The van der Waals surface area contributed by atoms with Crippen LogP contribution in [0.3, 0.4) is 0 Å². The maximum Gasteiger partial charge on any atom is 0.416 e. The Morgan fingerprint density at radius 1 is 1.03 bits per heavy atom. The number of alkyl halides is 3. The highest BCUT2D eigenvalue weighted by Gasteiger charge is 2.36. The number of halogens is 3. The van der Waals surface area contributed by atoms with Gasteiger partial charge >= 0.3 is 6.18 Å². The van der Waals surface area contributed by atoms with Gasteiger partial charge in [-0.15, -0.1) is 0 Å². The van der Waals surface area contributed by atoms with Crippen molar-refractivity contribution in [2.24, 2.45) is 0 Å². The van der Waals surface area contributed by atoms with Gasteiger partial charge in [0.15, 0.2) is 11.2 Å². The number of benzene rings is 3. The molecule has 34 heavy (non-hydrogen) atoms. The first-order valence-corrected chi connectivity index (χ1v) is 11.2. The van der Waals surface area contributed by atoms with Gasteiger partial charge in [-0.3, -0.25) is 9.59 Å². The zero-order chi connectivity index (χ0) is 23.9. The van der Waals surface area contributed by atoms with Crippen molar-refractivity contribution < 1.29 is 22.4 Å². The van der Waals surface area contributed by atoms with Crippen molar-refractivity contribution in [3.05, 3.63) is 93.8 Å². The maximum atomic E-state index is 13.4. The maximum absolute atomic E-state index is 13.4. The lowest BCUT2D eigenvalue weighted by Gasteiger charge is -2.19. The summed E-state index contributed by atoms with van der Waals surface area (Å²) >= 11 is 0. The molecule has 4 aromatic rings. The molecule has 4 nitrogen and oxygen atoms in total. The van der Waals surface area contributed by atoms with Crippen molar-refractivity contribution in [3.63, 3.8) is 0 Å². The van der Waals surface area contributed by atoms with Gasteiger partial charge in [-0.2, -0.15) is 13.2 Å². The van der Waals surface area contributed by atoms with E-state index in [1.807, 2.05) is 6.07 Å². The summed E-state index contributed by atoms with van der Waals surface area (Å²) in [7, 11) is 0. The molecular weight excluding hydrogens is 443 g/mol. The van der Waals surface area contributed by atoms with E-state index in [1.54, 1.807) is 36.4 Å². The first kappa shape index (κ1) is 22.3. The van der Waals surface area contributed by atoms with Gasteiger partial charge in [0, 0.05) is 31.1 Å². The van der Waals surface area contributed by atoms with E-state index in [9.17, 15) is 22.8 Å². The Hall–Kier alpha value is -3.45. The largest absolute Gasteiger partial charge is 0.464 e. The molecule has 0 radical (unpaired) electrons. The van der Waals surface area contributed by atoms with Gasteiger partial charge in [-0.05, 0) is 59.5 Å². The Morgan fingerprint density at radius 2 is 1.85 bits per heavy atom. The minimum atomic E-state index is -4.37. The molecule has 7 heteroatoms. The first-order chi connectivity index (χ1) is 16.3. The Labute approximate surface area is 193 Å². The van der Waals surface area contributed by atoms with Crippen LogP contribution in [0.1, 0.15) is 40.2 Å². The summed E-state index contributed by atoms with van der Waals surface area (Å²) in [5.41, 5.74) is 0.662. The summed E-state index contributed by atoms with van der Waals surface area (Å²) in [5, 5.41) is 2.13. The van der Waals surface area contributed by atoms with E-state index in [-0.39, 0.29) is 23.6 Å². The molecule has 0 N–H and O–H groups in total. The zero-order valence-electron chi connectivity index (χ0n) is 18.3. The summed E-state index contributed by atoms with van der Waals surface area (Å²) in [4.78, 5) is 26.9. The van der Waals surface area contributed by atoms with Crippen molar-refractivity contribution in [2.75, 3.05) is 19.6 Å². The minimum Gasteiger partial charge on any atom is -0.464 e. The molecule has 0 bridgehead atoms. The molecule has 1 unspecified atom stereocenters. The molecule has 1 aromatic heterocycles. The van der Waals surface area contributed by atoms with Gasteiger partial charge in [-0.25, -0.2) is 0 Å². The molecule has 174 valence electrons. The first-order valence-electron chi connectivity index (χ1n) is 11.2. The van der Waals surface area contributed by atoms with Crippen LogP contribution >= 0.6 is 0 Å². The predicted octanol–water partition coefficient (Wildman–Crippen LogP) is 6.03. The molecule has 5 rings (SSSR count). The van der Waals surface area contributed by atoms with Crippen LogP contribution in [-0.4, -0.2) is 30.3 Å². The number of carbonyl (C=O) groups excluding carboxylic acids is 1. The highest BCUT2D eigenvalue weighted by molar-refractivity contribution is 6.02. The van der Waals surface area contributed by atoms with Crippen LogP contribution in [0.5, 0.6) is 0 Å². The van der Waals surface area contributed by atoms with Crippen LogP contribution < -0.4 is 5.43 Å². The summed E-state index contributed by atoms with van der Waals surface area (Å²) in [5.74, 6) is -0.229. The smallest absolute Gasteiger partial charge is 0.416 e. The minimum absolute atomic E-state index is 0.0318. The third kappa shape index (κ3) is 4.35. The Morgan fingerprint density at radius 3 is 2.68 bits per heavy atom. The van der Waals surface area contributed by atoms with Crippen molar-refractivity contribution in [1.29, 1.82) is 0 Å². The van der Waals surface area contributed by atoms with E-state index in [1.165, 1.54) is 18.4 Å². The van der Waals surface area contributed by atoms with Crippen LogP contribution in [-0.2, 0) is 6.18 Å². The van der Waals surface area contributed by atoms with Gasteiger partial charge in [0.2, 0.25) is 0 Å². The number of rotatable bonds is 5. The Balaban J connectivity index is 1.27. The van der Waals surface area contributed by atoms with E-state index in [0.717, 1.165) is 16.8 Å². The molecule has 2 heterocycles. The average molecular weight is 465 g/mol. The lowest BCUT2D eigenvalue weighted by molar-refractivity contribution is -0.138. The lowest BCUT2D eigenvalue weighted by Crippen LogP contribution is -2.24. The summed E-state index contributed by atoms with van der Waals surface area (Å²) in [6.45, 7) is 1.66. The zero-order valence-corrected chi connectivity index (χ0v) is 18.3. The molecular formula is C27H22F3NO3. The van der Waals surface area contributed by atoms with Crippen LogP contribution in [0.25, 0.3) is 21.7 Å². The third-order valence-corrected chi connectivity index (χ3v) is 6.57. The number of hydrogen-bond donors (Lipinski definition) is 0. The summed E-state index contributed by atoms with van der Waals surface area (Å²) in [6.07, 6.45) is -2.11. The molecule has 1 aliphatic heterocycles. The summed E-state index contributed by atoms with van der Waals surface area (Å²) < 4.78 is 45.6. The number of likely N-dealkylation sites (tertiary alicyclic amines) is 1. The van der Waals surface area contributed by atoms with Crippen LogP contribution in [0.4, 0.5) is 13.2 Å². The highest BCUT2D eigenvalue weighted by atomic mass is 19.4. The lowest BCUT2D eigenvalue weighted by atomic mass is 9.93. The van der Waals surface area contributed by atoms with Crippen LogP contribution in [0, 0.1) is 0 Å². The SMILES string of the molecule is O=C(CCN1CCC(c2ccccc2C(F)(F)F)C1)c1ccc2cc3c(=O)ccoc3cc2c1. The normalized spacial score (nSPS) is 17.0. The van der Waals surface area contributed by atoms with Crippen LogP contribution in [0.2, 0.25) is 0 Å². The molecule has 1 aliphatic rings. The van der Waals surface area contributed by atoms with Gasteiger partial charge in [0.05, 0.1) is 17.2 Å². The van der Waals surface area contributed by atoms with E-state index in [2.05, 4.69) is 4.90 Å². The molecule has 1 atom stereocenters. The van der Waals surface area contributed by atoms with E-state index < -0.39 is 11.7 Å². The number of ketones is 1. The fourth-order valence-electron chi connectivity index (χ4n) is 4.80. The molecule has 0 aliphatic carbocycles. The fourth-order valence-corrected chi connectivity index (χ4v) is 4.80. The summed E-state index contributed by atoms with van der Waals surface area (Å²) in [6, 6.07) is 16.0. The van der Waals surface area contributed by atoms with E-state index in [0.29, 0.717) is 48.2 Å². The molecule has 1 fully saturated rings. The van der Waals surface area contributed by atoms with Gasteiger partial charge in [-0.1, -0.05) is 30.3 Å². The molecule has 1 saturated heterocycles. The third-order valence-electron chi connectivity index (χ3n) is 6.57. The molecule has 0 amide bonds. The van der Waals surface area contributed by atoms with Crippen molar-refractivity contribution >= 4 is 27.5 Å². The van der Waals surface area contributed by atoms with Crippen LogP contribution in [0.15, 0.2) is 76.1 Å². The second kappa shape index (κ2) is 8.72. The standard InChI is InChI=1S/C27H22F3NO3/c28-27(29,30)23-4-2-1-3-21(23)19-7-10-31(16-19)11-8-24(32)18-6-5-17-14-22-25(33)9-12-34-26(22)15-20(17)13-18/h1-6,9,12-15,19H,7-8,10-11,16H2. The Bertz CT molecular complexity index is 1440. The second-order valence-corrected chi connectivity index (χ2v) is 8.74. The topological polar surface area (TPSA) is 50.5 Å². The molecule has 0 spiro atoms. The van der Waals surface area contributed by atoms with Gasteiger partial charge < -0.3 is 9.32 Å². The second-order valence-electron chi connectivity index (χ2n) is 8.74. The Kier molecular flexibility index (Phi) is 5.73. The van der Waals surface area contributed by atoms with Crippen molar-refractivity contribution in [1.82, 2.24) is 4.90 Å². The average Bonchev–Trinajstić information content (AvgIpc) is 3.30. The number of carbonyl (C=O) groups is 1. The highest BCUT2D eigenvalue weighted by Crippen LogP contribution is 2.38. The van der Waals surface area contributed by atoms with Gasteiger partial charge in [0.1, 0.15) is 5.58 Å². The van der Waals surface area contributed by atoms with E-state index in [4.69, 9.17) is 4.42 Å². The molecule has 0 saturated carbocycles. The quantitative estimate of drug-likeness (QED) is 0.267. The van der Waals surface area contributed by atoms with Crippen molar-refractivity contribution in [3.8, 4) is 0 Å².